The van der Waals surface area contributed by atoms with Gasteiger partial charge < -0.3 is 9.88 Å². The largest absolute Gasteiger partial charge is 0.377 e. The fourth-order valence-electron chi connectivity index (χ4n) is 5.27. The van der Waals surface area contributed by atoms with Gasteiger partial charge in [-0.1, -0.05) is 49.6 Å². The molecule has 0 radical (unpaired) electrons. The number of amides is 2. The highest BCUT2D eigenvalue weighted by atomic mass is 32.2. The molecule has 3 aromatic rings. The third-order valence-electron chi connectivity index (χ3n) is 7.21. The van der Waals surface area contributed by atoms with Crippen molar-refractivity contribution in [3.63, 3.8) is 0 Å². The molecule has 0 bridgehead atoms. The molecule has 8 nitrogen and oxygen atoms in total. The second-order valence-electron chi connectivity index (χ2n) is 9.85. The minimum absolute atomic E-state index is 0.0455. The molecule has 1 saturated carbocycles. The van der Waals surface area contributed by atoms with Crippen molar-refractivity contribution in [2.24, 2.45) is 0 Å². The number of hydrogen-bond donors (Lipinski definition) is 1. The van der Waals surface area contributed by atoms with Gasteiger partial charge in [0.25, 0.3) is 16.8 Å². The Morgan fingerprint density at radius 1 is 1.05 bits per heavy atom. The van der Waals surface area contributed by atoms with Crippen LogP contribution in [0.3, 0.4) is 0 Å². The molecule has 196 valence electrons. The van der Waals surface area contributed by atoms with Gasteiger partial charge in [-0.15, -0.1) is 0 Å². The van der Waals surface area contributed by atoms with Crippen LogP contribution >= 0.6 is 11.8 Å². The quantitative estimate of drug-likeness (QED) is 0.201. The minimum atomic E-state index is -0.341. The number of benzene rings is 2. The number of rotatable bonds is 7. The normalized spacial score (nSPS) is 17.4. The summed E-state index contributed by atoms with van der Waals surface area (Å²) in [7, 11) is 0. The van der Waals surface area contributed by atoms with Crippen molar-refractivity contribution in [3.05, 3.63) is 92.1 Å². The summed E-state index contributed by atoms with van der Waals surface area (Å²) < 4.78 is 1.94. The maximum atomic E-state index is 13.0. The molecule has 2 amide bonds. The molecule has 2 aliphatic rings. The standard InChI is InChI=1S/C29H30N4O4S/c1-19-15-22(16-27-28(34)31(29(35)38-27)18-21-9-5-3-6-10-21)20(2)32(19)24-13-14-25(26(17-24)33(36)37)30-23-11-7-4-8-12-23/h3,5-6,9-10,13-17,23,30H,4,7-8,11-12,18H2,1-2H3/b27-16-. The van der Waals surface area contributed by atoms with Gasteiger partial charge in [0.15, 0.2) is 0 Å². The van der Waals surface area contributed by atoms with Crippen molar-refractivity contribution >= 4 is 40.4 Å². The van der Waals surface area contributed by atoms with Gasteiger partial charge in [0, 0.05) is 23.5 Å². The summed E-state index contributed by atoms with van der Waals surface area (Å²) in [6.45, 7) is 4.06. The lowest BCUT2D eigenvalue weighted by Gasteiger charge is -2.24. The van der Waals surface area contributed by atoms with Gasteiger partial charge in [-0.05, 0) is 73.9 Å². The number of anilines is 1. The van der Waals surface area contributed by atoms with Gasteiger partial charge in [0.05, 0.1) is 22.1 Å². The molecule has 9 heteroatoms. The zero-order chi connectivity index (χ0) is 26.8. The number of aromatic nitrogens is 1. The third-order valence-corrected chi connectivity index (χ3v) is 8.12. The first-order chi connectivity index (χ1) is 18.3. The van der Waals surface area contributed by atoms with Crippen molar-refractivity contribution in [1.82, 2.24) is 9.47 Å². The fraction of sp³-hybridized carbons (Fsp3) is 0.310. The molecule has 5 rings (SSSR count). The second kappa shape index (κ2) is 10.9. The lowest BCUT2D eigenvalue weighted by molar-refractivity contribution is -0.384. The van der Waals surface area contributed by atoms with Gasteiger partial charge in [0.1, 0.15) is 5.69 Å². The topological polar surface area (TPSA) is 97.5 Å². The van der Waals surface area contributed by atoms with Crippen LogP contribution in [0.2, 0.25) is 0 Å². The van der Waals surface area contributed by atoms with Crippen molar-refractivity contribution in [2.75, 3.05) is 5.32 Å². The van der Waals surface area contributed by atoms with Crippen LogP contribution in [-0.4, -0.2) is 31.6 Å². The van der Waals surface area contributed by atoms with E-state index in [1.165, 1.54) is 11.3 Å². The summed E-state index contributed by atoms with van der Waals surface area (Å²) in [5, 5.41) is 15.0. The Kier molecular flexibility index (Phi) is 7.37. The Labute approximate surface area is 225 Å². The molecule has 1 aliphatic carbocycles. The molecule has 2 fully saturated rings. The zero-order valence-corrected chi connectivity index (χ0v) is 22.3. The molecule has 0 atom stereocenters. The highest BCUT2D eigenvalue weighted by molar-refractivity contribution is 8.18. The summed E-state index contributed by atoms with van der Waals surface area (Å²) in [4.78, 5) is 38.9. The summed E-state index contributed by atoms with van der Waals surface area (Å²) in [6, 6.07) is 16.9. The average molecular weight is 531 g/mol. The second-order valence-corrected chi connectivity index (χ2v) is 10.8. The molecule has 1 saturated heterocycles. The Balaban J connectivity index is 1.41. The van der Waals surface area contributed by atoms with Gasteiger partial charge >= 0.3 is 0 Å². The molecule has 38 heavy (non-hydrogen) atoms. The third kappa shape index (κ3) is 5.24. The number of nitrogens with zero attached hydrogens (tertiary/aromatic N) is 3. The number of aryl methyl sites for hydroxylation is 1. The predicted molar refractivity (Wildman–Crippen MR) is 150 cm³/mol. The van der Waals surface area contributed by atoms with Crippen LogP contribution in [0.1, 0.15) is 54.6 Å². The predicted octanol–water partition coefficient (Wildman–Crippen LogP) is 6.98. The van der Waals surface area contributed by atoms with Gasteiger partial charge in [0.2, 0.25) is 0 Å². The monoisotopic (exact) mass is 530 g/mol. The van der Waals surface area contributed by atoms with E-state index in [-0.39, 0.29) is 34.3 Å². The SMILES string of the molecule is Cc1cc(/C=C2\SC(=O)N(Cc3ccccc3)C2=O)c(C)n1-c1ccc(NC2CCCCC2)c([N+](=O)[O-])c1. The van der Waals surface area contributed by atoms with Crippen molar-refractivity contribution in [2.45, 2.75) is 58.5 Å². The van der Waals surface area contributed by atoms with Crippen LogP contribution in [0, 0.1) is 24.0 Å². The molecule has 0 spiro atoms. The molecule has 1 aromatic heterocycles. The lowest BCUT2D eigenvalue weighted by atomic mass is 9.95. The Morgan fingerprint density at radius 3 is 2.50 bits per heavy atom. The van der Waals surface area contributed by atoms with E-state index in [4.69, 9.17) is 0 Å². The van der Waals surface area contributed by atoms with Crippen molar-refractivity contribution < 1.29 is 14.5 Å². The molecule has 1 N–H and O–H groups in total. The summed E-state index contributed by atoms with van der Waals surface area (Å²) >= 11 is 0.932. The fourth-order valence-corrected chi connectivity index (χ4v) is 6.10. The van der Waals surface area contributed by atoms with Gasteiger partial charge in [-0.2, -0.15) is 0 Å². The lowest BCUT2D eigenvalue weighted by Crippen LogP contribution is -2.27. The van der Waals surface area contributed by atoms with Crippen molar-refractivity contribution in [1.29, 1.82) is 0 Å². The van der Waals surface area contributed by atoms with Crippen LogP contribution in [0.4, 0.5) is 16.2 Å². The van der Waals surface area contributed by atoms with E-state index >= 15 is 0 Å². The first-order valence-corrected chi connectivity index (χ1v) is 13.7. The van der Waals surface area contributed by atoms with E-state index < -0.39 is 0 Å². The molecule has 1 aliphatic heterocycles. The summed E-state index contributed by atoms with van der Waals surface area (Å²) in [5.74, 6) is -0.317. The average Bonchev–Trinajstić information content (AvgIpc) is 3.34. The highest BCUT2D eigenvalue weighted by Gasteiger charge is 2.35. The van der Waals surface area contributed by atoms with E-state index in [0.29, 0.717) is 16.3 Å². The van der Waals surface area contributed by atoms with Crippen LogP contribution in [0.15, 0.2) is 59.5 Å². The van der Waals surface area contributed by atoms with E-state index in [1.54, 1.807) is 18.2 Å². The van der Waals surface area contributed by atoms with Crippen LogP contribution in [0.5, 0.6) is 0 Å². The maximum Gasteiger partial charge on any atom is 0.294 e. The number of nitro benzene ring substituents is 1. The van der Waals surface area contributed by atoms with E-state index in [2.05, 4.69) is 5.32 Å². The molecule has 0 unspecified atom stereocenters. The number of imide groups is 1. The van der Waals surface area contributed by atoms with E-state index in [0.717, 1.165) is 60.0 Å². The maximum absolute atomic E-state index is 13.0. The smallest absolute Gasteiger partial charge is 0.294 e. The Bertz CT molecular complexity index is 1420. The minimum Gasteiger partial charge on any atom is -0.377 e. The van der Waals surface area contributed by atoms with Crippen LogP contribution in [0.25, 0.3) is 11.8 Å². The Morgan fingerprint density at radius 2 is 1.79 bits per heavy atom. The molecular weight excluding hydrogens is 500 g/mol. The van der Waals surface area contributed by atoms with Crippen LogP contribution < -0.4 is 5.32 Å². The van der Waals surface area contributed by atoms with Crippen LogP contribution in [-0.2, 0) is 11.3 Å². The number of thioether (sulfide) groups is 1. The number of nitrogens with one attached hydrogen (secondary N) is 1. The molecule has 2 heterocycles. The van der Waals surface area contributed by atoms with E-state index in [9.17, 15) is 19.7 Å². The summed E-state index contributed by atoms with van der Waals surface area (Å²) in [6.07, 6.45) is 7.28. The Hall–Kier alpha value is -3.85. The molecular formula is C29H30N4O4S. The highest BCUT2D eigenvalue weighted by Crippen LogP contribution is 2.36. The summed E-state index contributed by atoms with van der Waals surface area (Å²) in [5.41, 5.74) is 4.65. The first-order valence-electron chi connectivity index (χ1n) is 12.9. The van der Waals surface area contributed by atoms with E-state index in [1.807, 2.05) is 60.9 Å². The zero-order valence-electron chi connectivity index (χ0n) is 21.5. The number of carbonyl (C=O) groups excluding carboxylic acids is 2. The first kappa shape index (κ1) is 25.8. The molecule has 2 aromatic carbocycles. The van der Waals surface area contributed by atoms with Crippen molar-refractivity contribution in [3.8, 4) is 5.69 Å². The van der Waals surface area contributed by atoms with Gasteiger partial charge in [-0.25, -0.2) is 0 Å². The van der Waals surface area contributed by atoms with Gasteiger partial charge in [-0.3, -0.25) is 24.6 Å². The number of nitro groups is 1. The number of hydrogen-bond acceptors (Lipinski definition) is 6. The number of carbonyl (C=O) groups is 2.